The van der Waals surface area contributed by atoms with Crippen molar-refractivity contribution >= 4 is 21.5 Å². The third kappa shape index (κ3) is 5.19. The molecular weight excluding hydrogens is 282 g/mol. The van der Waals surface area contributed by atoms with Gasteiger partial charge in [0, 0.05) is 29.9 Å². The second-order valence-electron chi connectivity index (χ2n) is 4.56. The number of aryl methyl sites for hydroxylation is 2. The van der Waals surface area contributed by atoms with Gasteiger partial charge in [0.1, 0.15) is 0 Å². The van der Waals surface area contributed by atoms with Crippen LogP contribution in [0, 0.1) is 13.8 Å². The minimum atomic E-state index is -3.38. The molecule has 1 heterocycles. The molecule has 0 aliphatic heterocycles. The molecule has 0 unspecified atom stereocenters. The average Bonchev–Trinajstić information content (AvgIpc) is 2.67. The van der Waals surface area contributed by atoms with Crippen molar-refractivity contribution in [1.82, 2.24) is 14.3 Å². The number of nitrogens with one attached hydrogen (secondary N) is 2. The Morgan fingerprint density at radius 3 is 2.58 bits per heavy atom. The number of rotatable bonds is 8. The maximum Gasteiger partial charge on any atom is 0.279 e. The molecular formula is C12H23N3O2S2. The van der Waals surface area contributed by atoms with Crippen molar-refractivity contribution in [3.8, 4) is 0 Å². The second kappa shape index (κ2) is 7.35. The van der Waals surface area contributed by atoms with Crippen molar-refractivity contribution in [2.75, 3.05) is 27.2 Å². The number of hydrogen-bond acceptors (Lipinski definition) is 4. The van der Waals surface area contributed by atoms with Gasteiger partial charge in [0.05, 0.1) is 0 Å². The highest BCUT2D eigenvalue weighted by Crippen LogP contribution is 2.20. The average molecular weight is 305 g/mol. The fraction of sp³-hybridized carbons (Fsp3) is 0.667. The van der Waals surface area contributed by atoms with Crippen molar-refractivity contribution in [2.24, 2.45) is 0 Å². The van der Waals surface area contributed by atoms with Gasteiger partial charge in [-0.25, -0.2) is 0 Å². The lowest BCUT2D eigenvalue weighted by molar-refractivity contribution is 0.448. The van der Waals surface area contributed by atoms with E-state index in [9.17, 15) is 8.42 Å². The topological polar surface area (TPSA) is 61.4 Å². The highest BCUT2D eigenvalue weighted by atomic mass is 32.2. The van der Waals surface area contributed by atoms with E-state index in [0.29, 0.717) is 13.1 Å². The van der Waals surface area contributed by atoms with Gasteiger partial charge in [-0.05, 0) is 45.5 Å². The minimum absolute atomic E-state index is 0.359. The lowest BCUT2D eigenvalue weighted by Crippen LogP contribution is -2.38. The Bertz CT molecular complexity index is 478. The van der Waals surface area contributed by atoms with Crippen LogP contribution in [0.25, 0.3) is 0 Å². The van der Waals surface area contributed by atoms with Crippen molar-refractivity contribution < 1.29 is 8.42 Å². The Morgan fingerprint density at radius 2 is 2.05 bits per heavy atom. The predicted octanol–water partition coefficient (Wildman–Crippen LogP) is 1.24. The van der Waals surface area contributed by atoms with Crippen LogP contribution in [0.2, 0.25) is 0 Å². The summed E-state index contributed by atoms with van der Waals surface area (Å²) in [6.07, 6.45) is 0.797. The van der Waals surface area contributed by atoms with E-state index >= 15 is 0 Å². The summed E-state index contributed by atoms with van der Waals surface area (Å²) in [6, 6.07) is 2.03. The van der Waals surface area contributed by atoms with E-state index < -0.39 is 10.2 Å². The lowest BCUT2D eigenvalue weighted by atomic mass is 10.3. The number of thiophene rings is 1. The van der Waals surface area contributed by atoms with Crippen LogP contribution < -0.4 is 10.0 Å². The van der Waals surface area contributed by atoms with E-state index in [4.69, 9.17) is 0 Å². The van der Waals surface area contributed by atoms with Gasteiger partial charge < -0.3 is 5.32 Å². The third-order valence-corrected chi connectivity index (χ3v) is 5.62. The van der Waals surface area contributed by atoms with Crippen LogP contribution in [-0.4, -0.2) is 39.9 Å². The van der Waals surface area contributed by atoms with Gasteiger partial charge in [-0.2, -0.15) is 17.4 Å². The summed E-state index contributed by atoms with van der Waals surface area (Å²) in [5, 5.41) is 3.00. The van der Waals surface area contributed by atoms with Crippen molar-refractivity contribution in [2.45, 2.75) is 26.8 Å². The van der Waals surface area contributed by atoms with E-state index in [1.807, 2.05) is 27.0 Å². The Hall–Kier alpha value is -0.470. The first-order valence-electron chi connectivity index (χ1n) is 6.28. The predicted molar refractivity (Wildman–Crippen MR) is 80.7 cm³/mol. The molecule has 1 aromatic heterocycles. The molecule has 0 aromatic carbocycles. The molecule has 0 saturated carbocycles. The van der Waals surface area contributed by atoms with E-state index in [0.717, 1.165) is 17.8 Å². The summed E-state index contributed by atoms with van der Waals surface area (Å²) in [7, 11) is 0.0752. The SMILES string of the molecule is CNCCCN(C)S(=O)(=O)NCc1cc(C)c(C)s1. The fourth-order valence-electron chi connectivity index (χ4n) is 1.61. The zero-order chi connectivity index (χ0) is 14.5. The molecule has 1 aromatic rings. The van der Waals surface area contributed by atoms with Gasteiger partial charge in [-0.15, -0.1) is 11.3 Å². The normalized spacial score (nSPS) is 12.3. The second-order valence-corrected chi connectivity index (χ2v) is 7.76. The van der Waals surface area contributed by atoms with E-state index in [-0.39, 0.29) is 0 Å². The summed E-state index contributed by atoms with van der Waals surface area (Å²) in [5.74, 6) is 0. The summed E-state index contributed by atoms with van der Waals surface area (Å²) in [5.41, 5.74) is 1.21. The van der Waals surface area contributed by atoms with E-state index in [1.165, 1.54) is 14.7 Å². The molecule has 0 aliphatic rings. The van der Waals surface area contributed by atoms with Crippen molar-refractivity contribution in [3.05, 3.63) is 21.4 Å². The van der Waals surface area contributed by atoms with Gasteiger partial charge in [-0.3, -0.25) is 0 Å². The van der Waals surface area contributed by atoms with Crippen LogP contribution in [0.15, 0.2) is 6.07 Å². The van der Waals surface area contributed by atoms with Crippen molar-refractivity contribution in [3.63, 3.8) is 0 Å². The van der Waals surface area contributed by atoms with Crippen LogP contribution >= 0.6 is 11.3 Å². The molecule has 0 fully saturated rings. The number of hydrogen-bond donors (Lipinski definition) is 2. The summed E-state index contributed by atoms with van der Waals surface area (Å²) >= 11 is 1.63. The van der Waals surface area contributed by atoms with Crippen molar-refractivity contribution in [1.29, 1.82) is 0 Å². The monoisotopic (exact) mass is 305 g/mol. The molecule has 0 radical (unpaired) electrons. The highest BCUT2D eigenvalue weighted by Gasteiger charge is 2.16. The molecule has 0 atom stereocenters. The highest BCUT2D eigenvalue weighted by molar-refractivity contribution is 7.87. The standard InChI is InChI=1S/C12H23N3O2S2/c1-10-8-12(18-11(10)2)9-14-19(16,17)15(4)7-5-6-13-3/h8,13-14H,5-7,9H2,1-4H3. The van der Waals surface area contributed by atoms with Crippen LogP contribution in [-0.2, 0) is 16.8 Å². The Labute approximate surface area is 120 Å². The molecule has 1 rings (SSSR count). The molecule has 19 heavy (non-hydrogen) atoms. The summed E-state index contributed by atoms with van der Waals surface area (Å²) in [4.78, 5) is 2.28. The lowest BCUT2D eigenvalue weighted by Gasteiger charge is -2.17. The maximum atomic E-state index is 12.0. The fourth-order valence-corrected chi connectivity index (χ4v) is 3.62. The van der Waals surface area contributed by atoms with Gasteiger partial charge in [0.25, 0.3) is 10.2 Å². The maximum absolute atomic E-state index is 12.0. The van der Waals surface area contributed by atoms with Gasteiger partial charge in [-0.1, -0.05) is 0 Å². The van der Waals surface area contributed by atoms with Gasteiger partial charge in [0.15, 0.2) is 0 Å². The molecule has 0 amide bonds. The zero-order valence-electron chi connectivity index (χ0n) is 12.0. The number of nitrogens with zero attached hydrogens (tertiary/aromatic N) is 1. The quantitative estimate of drug-likeness (QED) is 0.710. The van der Waals surface area contributed by atoms with E-state index in [1.54, 1.807) is 18.4 Å². The van der Waals surface area contributed by atoms with E-state index in [2.05, 4.69) is 10.0 Å². The summed E-state index contributed by atoms with van der Waals surface area (Å²) in [6.45, 7) is 5.76. The molecule has 7 heteroatoms. The Kier molecular flexibility index (Phi) is 6.41. The van der Waals surface area contributed by atoms with Crippen LogP contribution in [0.5, 0.6) is 0 Å². The van der Waals surface area contributed by atoms with Crippen LogP contribution in [0.3, 0.4) is 0 Å². The minimum Gasteiger partial charge on any atom is -0.320 e. The first kappa shape index (κ1) is 16.6. The van der Waals surface area contributed by atoms with Crippen LogP contribution in [0.1, 0.15) is 21.7 Å². The summed E-state index contributed by atoms with van der Waals surface area (Å²) < 4.78 is 28.0. The molecule has 0 spiro atoms. The molecule has 0 bridgehead atoms. The smallest absolute Gasteiger partial charge is 0.279 e. The molecule has 2 N–H and O–H groups in total. The van der Waals surface area contributed by atoms with Crippen LogP contribution in [0.4, 0.5) is 0 Å². The molecule has 0 saturated heterocycles. The third-order valence-electron chi connectivity index (χ3n) is 2.96. The first-order chi connectivity index (χ1) is 8.86. The zero-order valence-corrected chi connectivity index (χ0v) is 13.6. The molecule has 5 nitrogen and oxygen atoms in total. The Balaban J connectivity index is 2.50. The Morgan fingerprint density at radius 1 is 1.37 bits per heavy atom. The largest absolute Gasteiger partial charge is 0.320 e. The van der Waals surface area contributed by atoms with Gasteiger partial charge in [0.2, 0.25) is 0 Å². The molecule has 110 valence electrons. The first-order valence-corrected chi connectivity index (χ1v) is 8.54. The molecule has 0 aliphatic carbocycles. The van der Waals surface area contributed by atoms with Gasteiger partial charge >= 0.3 is 0 Å².